The van der Waals surface area contributed by atoms with E-state index in [0.29, 0.717) is 12.6 Å². The Balaban J connectivity index is 1.83. The highest BCUT2D eigenvalue weighted by Crippen LogP contribution is 2.14. The molecule has 2 rings (SSSR count). The van der Waals surface area contributed by atoms with E-state index in [4.69, 9.17) is 0 Å². The maximum Gasteiger partial charge on any atom is 0.224 e. The number of nitrogens with zero attached hydrogens (tertiary/aromatic N) is 2. The number of nitrogens with one attached hydrogen (secondary N) is 2. The van der Waals surface area contributed by atoms with Crippen LogP contribution in [0.2, 0.25) is 0 Å². The molecule has 1 fully saturated rings. The lowest BCUT2D eigenvalue weighted by molar-refractivity contribution is -0.125. The minimum absolute atomic E-state index is 0.109. The summed E-state index contributed by atoms with van der Waals surface area (Å²) < 4.78 is 1.82. The fraction of sp³-hybridized carbons (Fsp3) is 0.692. The fourth-order valence-corrected chi connectivity index (χ4v) is 2.27. The van der Waals surface area contributed by atoms with Crippen molar-refractivity contribution in [3.05, 3.63) is 17.5 Å². The maximum atomic E-state index is 12.0. The minimum Gasteiger partial charge on any atom is -0.352 e. The van der Waals surface area contributed by atoms with E-state index in [9.17, 15) is 4.79 Å². The molecule has 5 nitrogen and oxygen atoms in total. The number of piperidine rings is 1. The monoisotopic (exact) mass is 250 g/mol. The van der Waals surface area contributed by atoms with Gasteiger partial charge < -0.3 is 10.6 Å². The molecule has 1 aliphatic rings. The van der Waals surface area contributed by atoms with E-state index < -0.39 is 0 Å². The summed E-state index contributed by atoms with van der Waals surface area (Å²) in [6.07, 6.45) is 3.87. The van der Waals surface area contributed by atoms with Crippen molar-refractivity contribution in [3.8, 4) is 0 Å². The largest absolute Gasteiger partial charge is 0.352 e. The van der Waals surface area contributed by atoms with E-state index in [2.05, 4.69) is 22.7 Å². The normalized spacial score (nSPS) is 23.9. The van der Waals surface area contributed by atoms with Gasteiger partial charge in [-0.05, 0) is 26.7 Å². The van der Waals surface area contributed by atoms with Crippen molar-refractivity contribution in [3.63, 3.8) is 0 Å². The number of carbonyl (C=O) groups excluding carboxylic acids is 1. The quantitative estimate of drug-likeness (QED) is 0.831. The number of carbonyl (C=O) groups is 1. The second-order valence-electron chi connectivity index (χ2n) is 5.18. The van der Waals surface area contributed by atoms with Gasteiger partial charge in [-0.25, -0.2) is 0 Å². The zero-order chi connectivity index (χ0) is 13.1. The van der Waals surface area contributed by atoms with Crippen LogP contribution < -0.4 is 10.6 Å². The van der Waals surface area contributed by atoms with Crippen molar-refractivity contribution in [2.45, 2.75) is 39.3 Å². The van der Waals surface area contributed by atoms with E-state index in [0.717, 1.165) is 30.6 Å². The number of amides is 1. The molecule has 1 saturated heterocycles. The third kappa shape index (κ3) is 2.90. The second-order valence-corrected chi connectivity index (χ2v) is 5.18. The van der Waals surface area contributed by atoms with Crippen molar-refractivity contribution in [2.24, 2.45) is 13.0 Å². The van der Waals surface area contributed by atoms with E-state index in [-0.39, 0.29) is 11.8 Å². The Morgan fingerprint density at radius 3 is 2.94 bits per heavy atom. The second kappa shape index (κ2) is 5.52. The van der Waals surface area contributed by atoms with Gasteiger partial charge in [-0.15, -0.1) is 0 Å². The predicted molar refractivity (Wildman–Crippen MR) is 70.0 cm³/mol. The first-order valence-electron chi connectivity index (χ1n) is 6.56. The third-order valence-corrected chi connectivity index (χ3v) is 3.82. The molecule has 0 radical (unpaired) electrons. The van der Waals surface area contributed by atoms with Crippen LogP contribution in [0.15, 0.2) is 6.20 Å². The summed E-state index contributed by atoms with van der Waals surface area (Å²) >= 11 is 0. The molecule has 2 heterocycles. The highest BCUT2D eigenvalue weighted by atomic mass is 16.1. The van der Waals surface area contributed by atoms with Crippen LogP contribution in [-0.4, -0.2) is 28.3 Å². The van der Waals surface area contributed by atoms with Crippen LogP contribution in [0.5, 0.6) is 0 Å². The van der Waals surface area contributed by atoms with E-state index >= 15 is 0 Å². The molecule has 18 heavy (non-hydrogen) atoms. The summed E-state index contributed by atoms with van der Waals surface area (Å²) in [6, 6.07) is 0.537. The summed E-state index contributed by atoms with van der Waals surface area (Å²) in [5.74, 6) is 0.260. The Hall–Kier alpha value is -1.36. The maximum absolute atomic E-state index is 12.0. The Kier molecular flexibility index (Phi) is 4.01. The zero-order valence-corrected chi connectivity index (χ0v) is 11.4. The standard InChI is InChI=1S/C13H22N4O/c1-9-4-5-11(6-14-9)13(18)15-7-12-8-16-17(3)10(12)2/h8-9,11,14H,4-7H2,1-3H3,(H,15,18). The smallest absolute Gasteiger partial charge is 0.224 e. The molecule has 1 aromatic heterocycles. The van der Waals surface area contributed by atoms with Crippen LogP contribution in [0.1, 0.15) is 31.0 Å². The van der Waals surface area contributed by atoms with E-state index in [1.54, 1.807) is 0 Å². The summed E-state index contributed by atoms with van der Waals surface area (Å²) in [6.45, 7) is 5.54. The SMILES string of the molecule is Cc1c(CNC(=O)C2CCC(C)NC2)cnn1C. The summed E-state index contributed by atoms with van der Waals surface area (Å²) in [5, 5.41) is 10.5. The molecule has 0 spiro atoms. The molecule has 1 amide bonds. The molecule has 0 aromatic carbocycles. The molecular formula is C13H22N4O. The first kappa shape index (κ1) is 13.1. The van der Waals surface area contributed by atoms with E-state index in [1.807, 2.05) is 24.9 Å². The van der Waals surface area contributed by atoms with Gasteiger partial charge in [0, 0.05) is 37.4 Å². The molecule has 1 aliphatic heterocycles. The van der Waals surface area contributed by atoms with Crippen molar-refractivity contribution in [1.29, 1.82) is 0 Å². The Morgan fingerprint density at radius 2 is 2.39 bits per heavy atom. The molecule has 2 N–H and O–H groups in total. The third-order valence-electron chi connectivity index (χ3n) is 3.82. The zero-order valence-electron chi connectivity index (χ0n) is 11.4. The van der Waals surface area contributed by atoms with Crippen LogP contribution in [-0.2, 0) is 18.4 Å². The van der Waals surface area contributed by atoms with Gasteiger partial charge in [0.05, 0.1) is 12.1 Å². The average Bonchev–Trinajstić information content (AvgIpc) is 2.68. The van der Waals surface area contributed by atoms with Crippen LogP contribution >= 0.6 is 0 Å². The minimum atomic E-state index is 0.109. The van der Waals surface area contributed by atoms with Crippen molar-refractivity contribution in [1.82, 2.24) is 20.4 Å². The lowest BCUT2D eigenvalue weighted by Gasteiger charge is -2.26. The topological polar surface area (TPSA) is 59.0 Å². The molecule has 1 aromatic rings. The van der Waals surface area contributed by atoms with Gasteiger partial charge in [0.1, 0.15) is 0 Å². The molecule has 0 saturated carbocycles. The fourth-order valence-electron chi connectivity index (χ4n) is 2.27. The molecule has 0 aliphatic carbocycles. The van der Waals surface area contributed by atoms with Gasteiger partial charge in [0.25, 0.3) is 0 Å². The number of aromatic nitrogens is 2. The predicted octanol–water partition coefficient (Wildman–Crippen LogP) is 0.733. The van der Waals surface area contributed by atoms with Crippen LogP contribution in [0.4, 0.5) is 0 Å². The Bertz CT molecular complexity index is 419. The van der Waals surface area contributed by atoms with Gasteiger partial charge in [-0.1, -0.05) is 0 Å². The van der Waals surface area contributed by atoms with Crippen molar-refractivity contribution < 1.29 is 4.79 Å². The summed E-state index contributed by atoms with van der Waals surface area (Å²) in [7, 11) is 1.91. The lowest BCUT2D eigenvalue weighted by atomic mass is 9.95. The van der Waals surface area contributed by atoms with Gasteiger partial charge in [0.15, 0.2) is 0 Å². The highest BCUT2D eigenvalue weighted by molar-refractivity contribution is 5.79. The molecule has 0 bridgehead atoms. The summed E-state index contributed by atoms with van der Waals surface area (Å²) in [5.41, 5.74) is 2.19. The Morgan fingerprint density at radius 1 is 1.61 bits per heavy atom. The number of aryl methyl sites for hydroxylation is 1. The average molecular weight is 250 g/mol. The molecule has 100 valence electrons. The van der Waals surface area contributed by atoms with Crippen LogP contribution in [0.25, 0.3) is 0 Å². The van der Waals surface area contributed by atoms with Crippen LogP contribution in [0.3, 0.4) is 0 Å². The summed E-state index contributed by atoms with van der Waals surface area (Å²) in [4.78, 5) is 12.0. The lowest BCUT2D eigenvalue weighted by Crippen LogP contribution is -2.43. The Labute approximate surface area is 108 Å². The van der Waals surface area contributed by atoms with E-state index in [1.165, 1.54) is 0 Å². The van der Waals surface area contributed by atoms with Gasteiger partial charge in [-0.3, -0.25) is 9.48 Å². The molecule has 2 unspecified atom stereocenters. The number of hydrogen-bond acceptors (Lipinski definition) is 3. The van der Waals surface area contributed by atoms with Gasteiger partial charge in [0.2, 0.25) is 5.91 Å². The number of hydrogen-bond donors (Lipinski definition) is 2. The first-order chi connectivity index (χ1) is 8.58. The van der Waals surface area contributed by atoms with Crippen molar-refractivity contribution in [2.75, 3.05) is 6.54 Å². The highest BCUT2D eigenvalue weighted by Gasteiger charge is 2.23. The van der Waals surface area contributed by atoms with Crippen LogP contribution in [0, 0.1) is 12.8 Å². The molecule has 5 heteroatoms. The molecule has 2 atom stereocenters. The van der Waals surface area contributed by atoms with Crippen molar-refractivity contribution >= 4 is 5.91 Å². The molecular weight excluding hydrogens is 228 g/mol. The first-order valence-corrected chi connectivity index (χ1v) is 6.56. The van der Waals surface area contributed by atoms with Gasteiger partial charge >= 0.3 is 0 Å². The van der Waals surface area contributed by atoms with Gasteiger partial charge in [-0.2, -0.15) is 5.10 Å². The number of rotatable bonds is 3.